The summed E-state index contributed by atoms with van der Waals surface area (Å²) >= 11 is 0. The maximum Gasteiger partial charge on any atom is 0.305 e. The van der Waals surface area contributed by atoms with Crippen molar-refractivity contribution in [3.63, 3.8) is 0 Å². The number of aliphatic hydroxyl groups is 2. The summed E-state index contributed by atoms with van der Waals surface area (Å²) in [4.78, 5) is 24.6. The molecule has 2 unspecified atom stereocenters. The Morgan fingerprint density at radius 2 is 0.625 bits per heavy atom. The Hall–Kier alpha value is -2.18. The van der Waals surface area contributed by atoms with E-state index >= 15 is 0 Å². The SMILES string of the molecule is CCCCC/C=C\C/C=C\CCCCCCCCCCCC(=O)OCCCCCCCCCCCCCC/C=C\CCCCCCCCCCCCCCC(=O)NC(CO)C(O)/C=C/CCCCCCCCCCCCCCCC. The fourth-order valence-electron chi connectivity index (χ4n) is 11.1. The van der Waals surface area contributed by atoms with E-state index in [1.165, 1.54) is 308 Å². The van der Waals surface area contributed by atoms with Crippen LogP contribution in [0.25, 0.3) is 0 Å². The van der Waals surface area contributed by atoms with Gasteiger partial charge in [-0.3, -0.25) is 9.59 Å². The number of nitrogens with one attached hydrogen (secondary N) is 1. The molecule has 0 saturated heterocycles. The van der Waals surface area contributed by atoms with Crippen molar-refractivity contribution in [1.82, 2.24) is 5.32 Å². The predicted molar refractivity (Wildman–Crippen MR) is 352 cm³/mol. The first-order valence-electron chi connectivity index (χ1n) is 35.9. The van der Waals surface area contributed by atoms with Crippen LogP contribution in [0.15, 0.2) is 48.6 Å². The largest absolute Gasteiger partial charge is 0.466 e. The van der Waals surface area contributed by atoms with Crippen molar-refractivity contribution in [2.24, 2.45) is 0 Å². The second-order valence-corrected chi connectivity index (χ2v) is 24.6. The molecule has 0 aromatic carbocycles. The fourth-order valence-corrected chi connectivity index (χ4v) is 11.1. The van der Waals surface area contributed by atoms with Gasteiger partial charge in [0.25, 0.3) is 0 Å². The summed E-state index contributed by atoms with van der Waals surface area (Å²) in [7, 11) is 0. The van der Waals surface area contributed by atoms with Crippen molar-refractivity contribution in [2.75, 3.05) is 13.2 Å². The first kappa shape index (κ1) is 77.8. The smallest absolute Gasteiger partial charge is 0.305 e. The van der Waals surface area contributed by atoms with Gasteiger partial charge in [0.05, 0.1) is 25.4 Å². The molecule has 0 aromatic rings. The molecular formula is C74H139NO5. The summed E-state index contributed by atoms with van der Waals surface area (Å²) in [6.07, 6.45) is 90.5. The average molecular weight is 1120 g/mol. The minimum atomic E-state index is -0.845. The normalized spacial score (nSPS) is 12.8. The molecule has 0 fully saturated rings. The Balaban J connectivity index is 3.38. The molecular weight excluding hydrogens is 983 g/mol. The molecule has 80 heavy (non-hydrogen) atoms. The molecule has 470 valence electrons. The van der Waals surface area contributed by atoms with Crippen molar-refractivity contribution in [1.29, 1.82) is 0 Å². The van der Waals surface area contributed by atoms with Crippen LogP contribution in [0, 0.1) is 0 Å². The molecule has 0 bridgehead atoms. The minimum absolute atomic E-state index is 0.0119. The van der Waals surface area contributed by atoms with E-state index in [0.717, 1.165) is 51.4 Å². The van der Waals surface area contributed by atoms with Gasteiger partial charge in [0.15, 0.2) is 0 Å². The van der Waals surface area contributed by atoms with Gasteiger partial charge < -0.3 is 20.3 Å². The van der Waals surface area contributed by atoms with Crippen LogP contribution in [0.4, 0.5) is 0 Å². The highest BCUT2D eigenvalue weighted by molar-refractivity contribution is 5.76. The maximum atomic E-state index is 12.5. The first-order valence-corrected chi connectivity index (χ1v) is 35.9. The zero-order chi connectivity index (χ0) is 57.8. The number of aliphatic hydroxyl groups excluding tert-OH is 2. The number of ether oxygens (including phenoxy) is 1. The van der Waals surface area contributed by atoms with Crippen LogP contribution >= 0.6 is 0 Å². The predicted octanol–water partition coefficient (Wildman–Crippen LogP) is 23.3. The van der Waals surface area contributed by atoms with Crippen LogP contribution in [-0.2, 0) is 14.3 Å². The van der Waals surface area contributed by atoms with Gasteiger partial charge in [-0.15, -0.1) is 0 Å². The number of hydrogen-bond donors (Lipinski definition) is 3. The molecule has 6 heteroatoms. The summed E-state index contributed by atoms with van der Waals surface area (Å²) in [6.45, 7) is 4.90. The lowest BCUT2D eigenvalue weighted by Gasteiger charge is -2.20. The fraction of sp³-hybridized carbons (Fsp3) is 0.865. The van der Waals surface area contributed by atoms with Crippen molar-refractivity contribution in [3.8, 4) is 0 Å². The van der Waals surface area contributed by atoms with Gasteiger partial charge >= 0.3 is 5.97 Å². The van der Waals surface area contributed by atoms with E-state index in [2.05, 4.69) is 55.6 Å². The third-order valence-corrected chi connectivity index (χ3v) is 16.6. The lowest BCUT2D eigenvalue weighted by molar-refractivity contribution is -0.143. The third kappa shape index (κ3) is 65.0. The molecule has 0 saturated carbocycles. The molecule has 2 atom stereocenters. The molecule has 1 amide bonds. The van der Waals surface area contributed by atoms with Gasteiger partial charge in [-0.25, -0.2) is 0 Å². The molecule has 0 aliphatic rings. The highest BCUT2D eigenvalue weighted by atomic mass is 16.5. The zero-order valence-electron chi connectivity index (χ0n) is 53.8. The second kappa shape index (κ2) is 69.3. The van der Waals surface area contributed by atoms with Crippen LogP contribution in [0.1, 0.15) is 386 Å². The van der Waals surface area contributed by atoms with E-state index in [1.807, 2.05) is 6.08 Å². The van der Waals surface area contributed by atoms with E-state index in [9.17, 15) is 19.8 Å². The summed E-state index contributed by atoms with van der Waals surface area (Å²) < 4.78 is 5.51. The standard InChI is InChI=1S/C74H139NO5/c1-3-5-7-9-11-13-15-17-19-21-32-36-40-44-48-52-56-60-64-68-74(79)80-69-65-61-57-53-49-45-41-37-34-31-29-27-25-23-22-24-26-28-30-33-35-39-43-47-51-55-59-63-67-73(78)75-71(70-76)72(77)66-62-58-54-50-46-42-38-20-18-16-14-12-10-8-6-4-2/h11,13,17,19,22-23,62,66,71-72,76-77H,3-10,12,14-16,18,20-21,24-61,63-65,67-70H2,1-2H3,(H,75,78)/b13-11-,19-17-,23-22-,66-62+. The highest BCUT2D eigenvalue weighted by Crippen LogP contribution is 2.18. The molecule has 0 aliphatic carbocycles. The quantitative estimate of drug-likeness (QED) is 0.0320. The summed E-state index contributed by atoms with van der Waals surface area (Å²) in [5.41, 5.74) is 0. The molecule has 0 aliphatic heterocycles. The molecule has 0 radical (unpaired) electrons. The van der Waals surface area contributed by atoms with Crippen molar-refractivity contribution < 1.29 is 24.5 Å². The Labute approximate surface area is 499 Å². The van der Waals surface area contributed by atoms with Gasteiger partial charge in [0.1, 0.15) is 0 Å². The van der Waals surface area contributed by atoms with E-state index in [-0.39, 0.29) is 18.5 Å². The topological polar surface area (TPSA) is 95.9 Å². The number of amides is 1. The number of esters is 1. The minimum Gasteiger partial charge on any atom is -0.466 e. The molecule has 6 nitrogen and oxygen atoms in total. The van der Waals surface area contributed by atoms with Gasteiger partial charge in [0.2, 0.25) is 5.91 Å². The van der Waals surface area contributed by atoms with E-state index in [1.54, 1.807) is 6.08 Å². The van der Waals surface area contributed by atoms with Gasteiger partial charge in [0, 0.05) is 12.8 Å². The van der Waals surface area contributed by atoms with E-state index in [4.69, 9.17) is 4.74 Å². The molecule has 0 spiro atoms. The number of carbonyl (C=O) groups is 2. The van der Waals surface area contributed by atoms with Crippen LogP contribution < -0.4 is 5.32 Å². The number of unbranched alkanes of at least 4 members (excludes halogenated alkanes) is 50. The summed E-state index contributed by atoms with van der Waals surface area (Å²) in [5.74, 6) is -0.0540. The van der Waals surface area contributed by atoms with Crippen LogP contribution in [0.3, 0.4) is 0 Å². The van der Waals surface area contributed by atoms with E-state index in [0.29, 0.717) is 19.4 Å². The van der Waals surface area contributed by atoms with Crippen LogP contribution in [-0.4, -0.2) is 47.4 Å². The Bertz CT molecular complexity index is 1340. The lowest BCUT2D eigenvalue weighted by atomic mass is 10.0. The molecule has 3 N–H and O–H groups in total. The van der Waals surface area contributed by atoms with Crippen molar-refractivity contribution >= 4 is 11.9 Å². The lowest BCUT2D eigenvalue weighted by Crippen LogP contribution is -2.45. The molecule has 0 rings (SSSR count). The van der Waals surface area contributed by atoms with Crippen molar-refractivity contribution in [3.05, 3.63) is 48.6 Å². The number of carbonyl (C=O) groups excluding carboxylic acids is 2. The number of allylic oxidation sites excluding steroid dienone is 7. The Kier molecular flexibility index (Phi) is 67.4. The third-order valence-electron chi connectivity index (χ3n) is 16.6. The Morgan fingerprint density at radius 3 is 0.988 bits per heavy atom. The summed E-state index contributed by atoms with van der Waals surface area (Å²) in [6, 6.07) is -0.629. The number of rotatable bonds is 67. The monoisotopic (exact) mass is 1120 g/mol. The van der Waals surface area contributed by atoms with Gasteiger partial charge in [-0.1, -0.05) is 332 Å². The highest BCUT2D eigenvalue weighted by Gasteiger charge is 2.18. The zero-order valence-corrected chi connectivity index (χ0v) is 53.8. The average Bonchev–Trinajstić information content (AvgIpc) is 3.46. The van der Waals surface area contributed by atoms with E-state index < -0.39 is 12.1 Å². The Morgan fingerprint density at radius 1 is 0.350 bits per heavy atom. The number of hydrogen-bond acceptors (Lipinski definition) is 5. The van der Waals surface area contributed by atoms with Gasteiger partial charge in [-0.2, -0.15) is 0 Å². The maximum absolute atomic E-state index is 12.5. The molecule has 0 heterocycles. The van der Waals surface area contributed by atoms with Gasteiger partial charge in [-0.05, 0) is 89.9 Å². The first-order chi connectivity index (χ1) is 39.5. The van der Waals surface area contributed by atoms with Crippen LogP contribution in [0.5, 0.6) is 0 Å². The second-order valence-electron chi connectivity index (χ2n) is 24.6. The molecule has 0 aromatic heterocycles. The summed E-state index contributed by atoms with van der Waals surface area (Å²) in [5, 5.41) is 23.2. The van der Waals surface area contributed by atoms with Crippen molar-refractivity contribution in [2.45, 2.75) is 398 Å². The van der Waals surface area contributed by atoms with Crippen LogP contribution in [0.2, 0.25) is 0 Å².